The molecule has 0 aliphatic heterocycles. The van der Waals surface area contributed by atoms with Crippen LogP contribution in [0.4, 0.5) is 0 Å². The normalized spacial score (nSPS) is 11.0. The zero-order chi connectivity index (χ0) is 16.6. The molecule has 0 saturated carbocycles. The van der Waals surface area contributed by atoms with Gasteiger partial charge in [-0.1, -0.05) is 40.9 Å². The van der Waals surface area contributed by atoms with Crippen molar-refractivity contribution in [2.45, 2.75) is 13.3 Å². The third-order valence-electron chi connectivity index (χ3n) is 3.48. The predicted octanol–water partition coefficient (Wildman–Crippen LogP) is 6.70. The van der Waals surface area contributed by atoms with Gasteiger partial charge < -0.3 is 4.98 Å². The van der Waals surface area contributed by atoms with Gasteiger partial charge in [-0.15, -0.1) is 0 Å². The molecule has 1 N–H and O–H groups in total. The van der Waals surface area contributed by atoms with E-state index in [9.17, 15) is 0 Å². The first-order chi connectivity index (χ1) is 10.9. The van der Waals surface area contributed by atoms with Gasteiger partial charge in [0.1, 0.15) is 5.82 Å². The van der Waals surface area contributed by atoms with Gasteiger partial charge in [0, 0.05) is 27.2 Å². The monoisotopic (exact) mass is 428 g/mol. The topological polar surface area (TPSA) is 28.7 Å². The lowest BCUT2D eigenvalue weighted by molar-refractivity contribution is 1.02. The second-order valence-corrected chi connectivity index (χ2v) is 7.31. The molecule has 2 nitrogen and oxygen atoms in total. The number of aromatic nitrogens is 2. The van der Waals surface area contributed by atoms with Gasteiger partial charge in [-0.25, -0.2) is 4.98 Å². The van der Waals surface area contributed by atoms with Crippen molar-refractivity contribution >= 4 is 50.7 Å². The van der Waals surface area contributed by atoms with Crippen LogP contribution in [0, 0.1) is 6.92 Å². The van der Waals surface area contributed by atoms with Crippen LogP contribution in [0.5, 0.6) is 0 Å². The SMILES string of the molecule is Cc1[nH]c(Cc2ccc(Br)c(Cl)c2)nc1-c1ccc(Cl)cc1Cl. The minimum Gasteiger partial charge on any atom is -0.345 e. The standard InChI is InChI=1S/C17H12BrCl3N2/c1-9-17(12-4-3-11(19)8-14(12)20)23-16(22-9)7-10-2-5-13(18)15(21)6-10/h2-6,8H,7H2,1H3,(H,22,23). The maximum absolute atomic E-state index is 6.28. The van der Waals surface area contributed by atoms with Crippen molar-refractivity contribution < 1.29 is 0 Å². The van der Waals surface area contributed by atoms with Crippen LogP contribution < -0.4 is 0 Å². The van der Waals surface area contributed by atoms with Crippen molar-refractivity contribution in [2.75, 3.05) is 0 Å². The summed E-state index contributed by atoms with van der Waals surface area (Å²) in [5, 5.41) is 1.88. The molecular weight excluding hydrogens is 418 g/mol. The fourth-order valence-electron chi connectivity index (χ4n) is 2.39. The van der Waals surface area contributed by atoms with Gasteiger partial charge in [0.2, 0.25) is 0 Å². The van der Waals surface area contributed by atoms with Crippen molar-refractivity contribution in [1.82, 2.24) is 9.97 Å². The first-order valence-corrected chi connectivity index (χ1v) is 8.81. The van der Waals surface area contributed by atoms with Crippen LogP contribution in [-0.2, 0) is 6.42 Å². The van der Waals surface area contributed by atoms with Gasteiger partial charge in [-0.3, -0.25) is 0 Å². The maximum atomic E-state index is 6.28. The van der Waals surface area contributed by atoms with Crippen LogP contribution >= 0.6 is 50.7 Å². The first kappa shape index (κ1) is 16.8. The van der Waals surface area contributed by atoms with Crippen molar-refractivity contribution in [3.8, 4) is 11.3 Å². The first-order valence-electron chi connectivity index (χ1n) is 6.89. The van der Waals surface area contributed by atoms with E-state index in [0.717, 1.165) is 32.8 Å². The van der Waals surface area contributed by atoms with Crippen molar-refractivity contribution in [2.24, 2.45) is 0 Å². The summed E-state index contributed by atoms with van der Waals surface area (Å²) in [6.45, 7) is 1.98. The average molecular weight is 431 g/mol. The summed E-state index contributed by atoms with van der Waals surface area (Å²) in [5.41, 5.74) is 3.75. The van der Waals surface area contributed by atoms with Gasteiger partial charge in [0.05, 0.1) is 15.7 Å². The number of imidazole rings is 1. The molecular formula is C17H12BrCl3N2. The largest absolute Gasteiger partial charge is 0.345 e. The van der Waals surface area contributed by atoms with Gasteiger partial charge in [0.15, 0.2) is 0 Å². The third-order valence-corrected chi connectivity index (χ3v) is 5.26. The molecule has 0 saturated heterocycles. The van der Waals surface area contributed by atoms with E-state index in [-0.39, 0.29) is 0 Å². The number of H-pyrrole nitrogens is 1. The lowest BCUT2D eigenvalue weighted by Gasteiger charge is -2.02. The Morgan fingerprint density at radius 1 is 1.04 bits per heavy atom. The van der Waals surface area contributed by atoms with E-state index in [1.165, 1.54) is 0 Å². The molecule has 1 aromatic heterocycles. The molecule has 3 rings (SSSR count). The molecule has 0 bridgehead atoms. The lowest BCUT2D eigenvalue weighted by atomic mass is 10.1. The number of nitrogens with zero attached hydrogens (tertiary/aromatic N) is 1. The molecule has 6 heteroatoms. The fourth-order valence-corrected chi connectivity index (χ4v) is 3.34. The summed E-state index contributed by atoms with van der Waals surface area (Å²) in [6, 6.07) is 11.3. The number of hydrogen-bond donors (Lipinski definition) is 1. The zero-order valence-corrected chi connectivity index (χ0v) is 16.0. The molecule has 2 aromatic carbocycles. The molecule has 0 fully saturated rings. The number of aromatic amines is 1. The summed E-state index contributed by atoms with van der Waals surface area (Å²) < 4.78 is 0.882. The van der Waals surface area contributed by atoms with E-state index >= 15 is 0 Å². The van der Waals surface area contributed by atoms with Crippen molar-refractivity contribution in [3.05, 3.63) is 73.0 Å². The van der Waals surface area contributed by atoms with E-state index in [2.05, 4.69) is 25.9 Å². The molecule has 0 radical (unpaired) electrons. The van der Waals surface area contributed by atoms with E-state index in [1.54, 1.807) is 6.07 Å². The minimum atomic E-state index is 0.588. The summed E-state index contributed by atoms with van der Waals surface area (Å²) in [5.74, 6) is 0.863. The van der Waals surface area contributed by atoms with E-state index in [1.807, 2.05) is 37.3 Å². The number of rotatable bonds is 3. The van der Waals surface area contributed by atoms with Gasteiger partial charge in [-0.05, 0) is 58.7 Å². The van der Waals surface area contributed by atoms with E-state index in [0.29, 0.717) is 21.5 Å². The molecule has 0 aliphatic carbocycles. The number of nitrogens with one attached hydrogen (secondary N) is 1. The van der Waals surface area contributed by atoms with Crippen LogP contribution in [0.15, 0.2) is 40.9 Å². The highest BCUT2D eigenvalue weighted by Gasteiger charge is 2.13. The quantitative estimate of drug-likeness (QED) is 0.492. The Kier molecular flexibility index (Phi) is 5.02. The van der Waals surface area contributed by atoms with Gasteiger partial charge in [-0.2, -0.15) is 0 Å². The van der Waals surface area contributed by atoms with E-state index < -0.39 is 0 Å². The number of halogens is 4. The van der Waals surface area contributed by atoms with E-state index in [4.69, 9.17) is 34.8 Å². The average Bonchev–Trinajstić information content (AvgIpc) is 2.83. The molecule has 1 heterocycles. The Balaban J connectivity index is 1.93. The summed E-state index contributed by atoms with van der Waals surface area (Å²) in [7, 11) is 0. The molecule has 118 valence electrons. The van der Waals surface area contributed by atoms with Crippen LogP contribution in [0.3, 0.4) is 0 Å². The molecule has 0 unspecified atom stereocenters. The predicted molar refractivity (Wildman–Crippen MR) is 101 cm³/mol. The number of hydrogen-bond acceptors (Lipinski definition) is 1. The molecule has 0 aliphatic rings. The highest BCUT2D eigenvalue weighted by atomic mass is 79.9. The maximum Gasteiger partial charge on any atom is 0.111 e. The van der Waals surface area contributed by atoms with Gasteiger partial charge in [0.25, 0.3) is 0 Å². The molecule has 0 spiro atoms. The molecule has 23 heavy (non-hydrogen) atoms. The second-order valence-electron chi connectivity index (χ2n) is 5.21. The highest BCUT2D eigenvalue weighted by Crippen LogP contribution is 2.31. The Hall–Kier alpha value is -1.000. The van der Waals surface area contributed by atoms with Crippen molar-refractivity contribution in [3.63, 3.8) is 0 Å². The summed E-state index contributed by atoms with van der Waals surface area (Å²) in [6.07, 6.45) is 0.666. The lowest BCUT2D eigenvalue weighted by Crippen LogP contribution is -1.91. The Morgan fingerprint density at radius 2 is 1.83 bits per heavy atom. The molecule has 0 atom stereocenters. The van der Waals surface area contributed by atoms with Crippen molar-refractivity contribution in [1.29, 1.82) is 0 Å². The molecule has 3 aromatic rings. The minimum absolute atomic E-state index is 0.588. The van der Waals surface area contributed by atoms with Crippen LogP contribution in [0.25, 0.3) is 11.3 Å². The molecule has 0 amide bonds. The van der Waals surface area contributed by atoms with Crippen LogP contribution in [-0.4, -0.2) is 9.97 Å². The smallest absolute Gasteiger partial charge is 0.111 e. The second kappa shape index (κ2) is 6.86. The fraction of sp³-hybridized carbons (Fsp3) is 0.118. The number of aryl methyl sites for hydroxylation is 1. The highest BCUT2D eigenvalue weighted by molar-refractivity contribution is 9.10. The van der Waals surface area contributed by atoms with Gasteiger partial charge >= 0.3 is 0 Å². The third kappa shape index (κ3) is 3.74. The Labute approximate surface area is 157 Å². The Bertz CT molecular complexity index is 874. The summed E-state index contributed by atoms with van der Waals surface area (Å²) in [4.78, 5) is 7.99. The zero-order valence-electron chi connectivity index (χ0n) is 12.1. The Morgan fingerprint density at radius 3 is 2.52 bits per heavy atom. The van der Waals surface area contributed by atoms with Crippen LogP contribution in [0.1, 0.15) is 17.1 Å². The summed E-state index contributed by atoms with van der Waals surface area (Å²) >= 11 is 21.8. The number of benzene rings is 2. The van der Waals surface area contributed by atoms with Crippen LogP contribution in [0.2, 0.25) is 15.1 Å².